The smallest absolute Gasteiger partial charge is 0.326 e. The van der Waals surface area contributed by atoms with Gasteiger partial charge in [-0.05, 0) is 58.9 Å². The van der Waals surface area contributed by atoms with Crippen LogP contribution >= 0.6 is 0 Å². The molecule has 1 rings (SSSR count). The second-order valence-corrected chi connectivity index (χ2v) is 5.70. The van der Waals surface area contributed by atoms with Crippen LogP contribution in [-0.2, 0) is 9.53 Å². The van der Waals surface area contributed by atoms with Gasteiger partial charge in [-0.25, -0.2) is 0 Å². The Hall–Kier alpha value is -1.55. The Balaban J connectivity index is 2.77. The summed E-state index contributed by atoms with van der Waals surface area (Å²) in [6, 6.07) is 6.12. The van der Waals surface area contributed by atoms with E-state index in [1.807, 2.05) is 46.8 Å². The molecule has 0 bridgehead atoms. The number of ether oxygens (including phenoxy) is 2. The Bertz CT molecular complexity index is 487. The van der Waals surface area contributed by atoms with E-state index in [-0.39, 0.29) is 12.1 Å². The topological polar surface area (TPSA) is 47.6 Å². The fourth-order valence-corrected chi connectivity index (χ4v) is 2.25. The lowest BCUT2D eigenvalue weighted by atomic mass is 9.95. The minimum atomic E-state index is -0.743. The van der Waals surface area contributed by atoms with E-state index in [1.165, 1.54) is 0 Å². The largest absolute Gasteiger partial charge is 0.490 e. The van der Waals surface area contributed by atoms with Crippen LogP contribution in [0, 0.1) is 13.8 Å². The molecule has 2 unspecified atom stereocenters. The SMILES string of the molecule is CCOC(=O)C(C)(CC(C)Oc1cc(C)ccc1C)NC. The molecule has 0 aliphatic heterocycles. The third-order valence-corrected chi connectivity index (χ3v) is 3.65. The minimum Gasteiger partial charge on any atom is -0.490 e. The summed E-state index contributed by atoms with van der Waals surface area (Å²) in [4.78, 5) is 12.1. The summed E-state index contributed by atoms with van der Waals surface area (Å²) in [6.45, 7) is 10.0. The Morgan fingerprint density at radius 3 is 2.62 bits per heavy atom. The van der Waals surface area contributed by atoms with E-state index in [2.05, 4.69) is 11.4 Å². The van der Waals surface area contributed by atoms with E-state index < -0.39 is 5.54 Å². The van der Waals surface area contributed by atoms with E-state index in [1.54, 1.807) is 7.05 Å². The van der Waals surface area contributed by atoms with Gasteiger partial charge in [0.2, 0.25) is 0 Å². The molecule has 1 aromatic rings. The van der Waals surface area contributed by atoms with Crippen molar-refractivity contribution in [3.05, 3.63) is 29.3 Å². The van der Waals surface area contributed by atoms with Gasteiger partial charge in [0.15, 0.2) is 0 Å². The maximum atomic E-state index is 12.1. The van der Waals surface area contributed by atoms with Gasteiger partial charge in [0, 0.05) is 6.42 Å². The zero-order chi connectivity index (χ0) is 16.0. The van der Waals surface area contributed by atoms with Crippen molar-refractivity contribution in [1.82, 2.24) is 5.32 Å². The molecule has 21 heavy (non-hydrogen) atoms. The van der Waals surface area contributed by atoms with Gasteiger partial charge in [-0.1, -0.05) is 12.1 Å². The van der Waals surface area contributed by atoms with Crippen LogP contribution in [0.15, 0.2) is 18.2 Å². The number of esters is 1. The number of hydrogen-bond donors (Lipinski definition) is 1. The van der Waals surface area contributed by atoms with Crippen molar-refractivity contribution in [2.45, 2.75) is 52.7 Å². The van der Waals surface area contributed by atoms with Crippen LogP contribution in [0.3, 0.4) is 0 Å². The number of benzene rings is 1. The highest BCUT2D eigenvalue weighted by Crippen LogP contribution is 2.23. The fraction of sp³-hybridized carbons (Fsp3) is 0.588. The van der Waals surface area contributed by atoms with Gasteiger partial charge in [0.1, 0.15) is 11.3 Å². The quantitative estimate of drug-likeness (QED) is 0.785. The van der Waals surface area contributed by atoms with Crippen molar-refractivity contribution >= 4 is 5.97 Å². The van der Waals surface area contributed by atoms with Gasteiger partial charge in [0.25, 0.3) is 0 Å². The molecular weight excluding hydrogens is 266 g/mol. The van der Waals surface area contributed by atoms with Crippen molar-refractivity contribution in [1.29, 1.82) is 0 Å². The highest BCUT2D eigenvalue weighted by atomic mass is 16.5. The van der Waals surface area contributed by atoms with Crippen molar-refractivity contribution in [3.63, 3.8) is 0 Å². The molecule has 0 amide bonds. The predicted molar refractivity (Wildman–Crippen MR) is 84.7 cm³/mol. The number of aryl methyl sites for hydroxylation is 2. The average molecular weight is 293 g/mol. The van der Waals surface area contributed by atoms with Crippen LogP contribution in [0.5, 0.6) is 5.75 Å². The number of carbonyl (C=O) groups is 1. The first kappa shape index (κ1) is 17.5. The summed E-state index contributed by atoms with van der Waals surface area (Å²) in [5.41, 5.74) is 1.51. The first-order valence-electron chi connectivity index (χ1n) is 7.42. The maximum Gasteiger partial charge on any atom is 0.326 e. The fourth-order valence-electron chi connectivity index (χ4n) is 2.25. The number of rotatable bonds is 7. The molecule has 0 aliphatic carbocycles. The van der Waals surface area contributed by atoms with Crippen LogP contribution in [0.4, 0.5) is 0 Å². The number of carbonyl (C=O) groups excluding carboxylic acids is 1. The lowest BCUT2D eigenvalue weighted by Gasteiger charge is -2.30. The van der Waals surface area contributed by atoms with Gasteiger partial charge in [-0.3, -0.25) is 4.79 Å². The van der Waals surface area contributed by atoms with Crippen molar-refractivity contribution in [2.24, 2.45) is 0 Å². The predicted octanol–water partition coefficient (Wildman–Crippen LogP) is 3.00. The summed E-state index contributed by atoms with van der Waals surface area (Å²) >= 11 is 0. The molecule has 2 atom stereocenters. The monoisotopic (exact) mass is 293 g/mol. The molecule has 0 saturated carbocycles. The molecule has 0 fully saturated rings. The zero-order valence-corrected chi connectivity index (χ0v) is 13.9. The van der Waals surface area contributed by atoms with Crippen LogP contribution in [-0.4, -0.2) is 31.3 Å². The third-order valence-electron chi connectivity index (χ3n) is 3.65. The van der Waals surface area contributed by atoms with Gasteiger partial charge in [0.05, 0.1) is 12.7 Å². The van der Waals surface area contributed by atoms with Gasteiger partial charge < -0.3 is 14.8 Å². The molecule has 0 saturated heterocycles. The lowest BCUT2D eigenvalue weighted by molar-refractivity contribution is -0.151. The van der Waals surface area contributed by atoms with Gasteiger partial charge in [-0.2, -0.15) is 0 Å². The second-order valence-electron chi connectivity index (χ2n) is 5.70. The molecule has 4 nitrogen and oxygen atoms in total. The zero-order valence-electron chi connectivity index (χ0n) is 13.9. The summed E-state index contributed by atoms with van der Waals surface area (Å²) in [7, 11) is 1.77. The summed E-state index contributed by atoms with van der Waals surface area (Å²) in [5.74, 6) is 0.619. The summed E-state index contributed by atoms with van der Waals surface area (Å²) in [5, 5.41) is 3.05. The van der Waals surface area contributed by atoms with Gasteiger partial charge >= 0.3 is 5.97 Å². The van der Waals surface area contributed by atoms with Crippen LogP contribution in [0.2, 0.25) is 0 Å². The average Bonchev–Trinajstić information content (AvgIpc) is 2.42. The van der Waals surface area contributed by atoms with Crippen molar-refractivity contribution in [2.75, 3.05) is 13.7 Å². The number of likely N-dealkylation sites (N-methyl/N-ethyl adjacent to an activating group) is 1. The minimum absolute atomic E-state index is 0.104. The Labute approximate surface area is 127 Å². The van der Waals surface area contributed by atoms with Gasteiger partial charge in [-0.15, -0.1) is 0 Å². The normalized spacial score (nSPS) is 15.1. The number of hydrogen-bond acceptors (Lipinski definition) is 4. The highest BCUT2D eigenvalue weighted by Gasteiger charge is 2.35. The molecule has 0 heterocycles. The maximum absolute atomic E-state index is 12.1. The molecule has 0 aromatic heterocycles. The molecule has 0 spiro atoms. The second kappa shape index (κ2) is 7.46. The molecule has 0 aliphatic rings. The molecule has 0 radical (unpaired) electrons. The van der Waals surface area contributed by atoms with E-state index >= 15 is 0 Å². The number of nitrogens with one attached hydrogen (secondary N) is 1. The first-order valence-corrected chi connectivity index (χ1v) is 7.42. The highest BCUT2D eigenvalue weighted by molar-refractivity contribution is 5.80. The lowest BCUT2D eigenvalue weighted by Crippen LogP contribution is -2.51. The molecule has 1 aromatic carbocycles. The van der Waals surface area contributed by atoms with Crippen molar-refractivity contribution < 1.29 is 14.3 Å². The molecular formula is C17H27NO3. The van der Waals surface area contributed by atoms with E-state index in [4.69, 9.17) is 9.47 Å². The first-order chi connectivity index (χ1) is 9.82. The van der Waals surface area contributed by atoms with E-state index in [0.29, 0.717) is 13.0 Å². The molecule has 1 N–H and O–H groups in total. The standard InChI is InChI=1S/C17H27NO3/c1-7-20-16(19)17(5,18-6)11-14(4)21-15-10-12(2)8-9-13(15)3/h8-10,14,18H,7,11H2,1-6H3. The molecule has 4 heteroatoms. The van der Waals surface area contributed by atoms with Crippen LogP contribution in [0.1, 0.15) is 38.3 Å². The Kier molecular flexibility index (Phi) is 6.21. The Morgan fingerprint density at radius 2 is 2.05 bits per heavy atom. The van der Waals surface area contributed by atoms with Crippen molar-refractivity contribution in [3.8, 4) is 5.75 Å². The van der Waals surface area contributed by atoms with Crippen LogP contribution in [0.25, 0.3) is 0 Å². The third kappa shape index (κ3) is 4.74. The Morgan fingerprint density at radius 1 is 1.38 bits per heavy atom. The van der Waals surface area contributed by atoms with E-state index in [9.17, 15) is 4.79 Å². The summed E-state index contributed by atoms with van der Waals surface area (Å²) < 4.78 is 11.1. The van der Waals surface area contributed by atoms with E-state index in [0.717, 1.165) is 16.9 Å². The van der Waals surface area contributed by atoms with Crippen LogP contribution < -0.4 is 10.1 Å². The summed E-state index contributed by atoms with van der Waals surface area (Å²) in [6.07, 6.45) is 0.433. The molecule has 118 valence electrons.